The van der Waals surface area contributed by atoms with Gasteiger partial charge in [-0.15, -0.1) is 0 Å². The van der Waals surface area contributed by atoms with Crippen LogP contribution in [0.1, 0.15) is 82.4 Å². The molecule has 0 bridgehead atoms. The molecule has 11 nitrogen and oxygen atoms in total. The number of hydrogen-bond acceptors (Lipinski definition) is 8. The lowest BCUT2D eigenvalue weighted by Crippen LogP contribution is -2.34. The van der Waals surface area contributed by atoms with Gasteiger partial charge in [-0.05, 0) is 95.5 Å². The molecule has 1 aliphatic heterocycles. The molecule has 2 atom stereocenters. The Balaban J connectivity index is 1.37. The smallest absolute Gasteiger partial charge is 0.414 e. The molecule has 2 aliphatic carbocycles. The number of ether oxygens (including phenoxy) is 2. The monoisotopic (exact) mass is 744 g/mol. The zero-order valence-corrected chi connectivity index (χ0v) is 31.6. The Morgan fingerprint density at radius 1 is 1.08 bits per heavy atom. The molecular formula is C40H42ClFN4O7. The zero-order chi connectivity index (χ0) is 38.4. The molecule has 1 saturated carbocycles. The highest BCUT2D eigenvalue weighted by atomic mass is 35.5. The molecule has 3 aromatic heterocycles. The van der Waals surface area contributed by atoms with Crippen molar-refractivity contribution in [1.29, 1.82) is 0 Å². The van der Waals surface area contributed by atoms with E-state index in [1.54, 1.807) is 45.3 Å². The number of carbonyl (C=O) groups excluding carboxylic acids is 2. The van der Waals surface area contributed by atoms with Crippen LogP contribution in [0.25, 0.3) is 27.8 Å². The van der Waals surface area contributed by atoms with Crippen LogP contribution in [0.2, 0.25) is 5.02 Å². The van der Waals surface area contributed by atoms with E-state index < -0.39 is 34.6 Å². The van der Waals surface area contributed by atoms with E-state index in [1.807, 2.05) is 26.8 Å². The van der Waals surface area contributed by atoms with Crippen molar-refractivity contribution in [3.63, 3.8) is 0 Å². The lowest BCUT2D eigenvalue weighted by molar-refractivity contribution is -0.155. The first kappa shape index (κ1) is 36.4. The Kier molecular flexibility index (Phi) is 8.63. The summed E-state index contributed by atoms with van der Waals surface area (Å²) < 4.78 is 28.4. The molecule has 0 radical (unpaired) electrons. The minimum Gasteiger partial charge on any atom is -0.477 e. The lowest BCUT2D eigenvalue weighted by atomic mass is 9.97. The van der Waals surface area contributed by atoms with Gasteiger partial charge in [0.25, 0.3) is 5.56 Å². The number of carbonyl (C=O) groups is 3. The Bertz CT molecular complexity index is 2290. The summed E-state index contributed by atoms with van der Waals surface area (Å²) in [4.78, 5) is 59.5. The Hall–Kier alpha value is -4.97. The predicted molar refractivity (Wildman–Crippen MR) is 200 cm³/mol. The van der Waals surface area contributed by atoms with E-state index in [1.165, 1.54) is 28.5 Å². The van der Waals surface area contributed by atoms with E-state index >= 15 is 4.39 Å². The van der Waals surface area contributed by atoms with Gasteiger partial charge < -0.3 is 19.5 Å². The van der Waals surface area contributed by atoms with Crippen molar-refractivity contribution in [2.45, 2.75) is 78.4 Å². The van der Waals surface area contributed by atoms with Gasteiger partial charge in [0.2, 0.25) is 0 Å². The molecule has 1 saturated heterocycles. The third-order valence-electron chi connectivity index (χ3n) is 10.3. The number of rotatable bonds is 6. The van der Waals surface area contributed by atoms with Crippen molar-refractivity contribution in [3.8, 4) is 22.3 Å². The second kappa shape index (κ2) is 12.6. The van der Waals surface area contributed by atoms with Gasteiger partial charge in [0.05, 0.1) is 22.1 Å². The summed E-state index contributed by atoms with van der Waals surface area (Å²) in [5.41, 5.74) is 2.52. The van der Waals surface area contributed by atoms with Crippen molar-refractivity contribution in [1.82, 2.24) is 9.38 Å². The number of nitrogens with zero attached hydrogens (tertiary/aromatic N) is 4. The quantitative estimate of drug-likeness (QED) is 0.174. The molecule has 278 valence electrons. The summed E-state index contributed by atoms with van der Waals surface area (Å²) in [5.74, 6) is -2.14. The Morgan fingerprint density at radius 3 is 2.45 bits per heavy atom. The minimum atomic E-state index is -1.33. The van der Waals surface area contributed by atoms with Crippen LogP contribution in [0.4, 0.5) is 20.6 Å². The highest BCUT2D eigenvalue weighted by molar-refractivity contribution is 6.34. The third-order valence-corrected chi connectivity index (χ3v) is 10.7. The molecule has 1 N–H and O–H groups in total. The second-order valence-corrected chi connectivity index (χ2v) is 16.8. The van der Waals surface area contributed by atoms with Gasteiger partial charge in [0, 0.05) is 73.1 Å². The van der Waals surface area contributed by atoms with Crippen molar-refractivity contribution in [3.05, 3.63) is 80.7 Å². The summed E-state index contributed by atoms with van der Waals surface area (Å²) in [6, 6.07) is 7.66. The van der Waals surface area contributed by atoms with E-state index in [0.29, 0.717) is 64.2 Å². The van der Waals surface area contributed by atoms with Crippen molar-refractivity contribution in [2.24, 2.45) is 11.3 Å². The van der Waals surface area contributed by atoms with Crippen LogP contribution in [-0.4, -0.2) is 63.9 Å². The second-order valence-electron chi connectivity index (χ2n) is 16.4. The molecule has 4 heterocycles. The van der Waals surface area contributed by atoms with Crippen LogP contribution in [-0.2, 0) is 20.7 Å². The Morgan fingerprint density at radius 2 is 1.77 bits per heavy atom. The fourth-order valence-electron chi connectivity index (χ4n) is 7.87. The van der Waals surface area contributed by atoms with Crippen LogP contribution in [0.5, 0.6) is 0 Å². The first-order valence-corrected chi connectivity index (χ1v) is 18.0. The van der Waals surface area contributed by atoms with E-state index in [9.17, 15) is 24.3 Å². The number of carboxylic acids is 1. The van der Waals surface area contributed by atoms with Gasteiger partial charge in [0.1, 0.15) is 22.6 Å². The van der Waals surface area contributed by atoms with E-state index in [4.69, 9.17) is 26.1 Å². The molecule has 7 rings (SSSR count). The largest absolute Gasteiger partial charge is 0.477 e. The van der Waals surface area contributed by atoms with E-state index in [2.05, 4.69) is 4.90 Å². The molecule has 0 unspecified atom stereocenters. The molecule has 2 fully saturated rings. The highest BCUT2D eigenvalue weighted by Crippen LogP contribution is 2.62. The highest BCUT2D eigenvalue weighted by Gasteiger charge is 2.58. The maximum Gasteiger partial charge on any atom is 0.414 e. The molecule has 13 heteroatoms. The predicted octanol–water partition coefficient (Wildman–Crippen LogP) is 7.74. The Labute approximate surface area is 311 Å². The molecule has 1 aromatic carbocycles. The minimum absolute atomic E-state index is 0.107. The molecule has 1 amide bonds. The number of anilines is 2. The topological polar surface area (TPSA) is 131 Å². The van der Waals surface area contributed by atoms with Crippen molar-refractivity contribution >= 4 is 46.5 Å². The van der Waals surface area contributed by atoms with E-state index in [0.717, 1.165) is 18.5 Å². The number of aromatic carboxylic acids is 1. The number of amides is 1. The van der Waals surface area contributed by atoms with Crippen LogP contribution in [0.15, 0.2) is 47.5 Å². The van der Waals surface area contributed by atoms with Crippen LogP contribution >= 0.6 is 11.6 Å². The standard InChI is InChI=1S/C40H42ClFN4O7/c1-38(2,3)52-30(47)14-22-17-40(22)12-13-45(20-40)34-26(21-8-9-23-10-11-24(36(49)50)35(48)46(23)19-21)18-43-28-15-25-29(44(7)37(51)53-39(4,5)6)16-27(42)33(41)31(25)32(28)34/h8-11,16,18-19,22H,12-15,17,20H2,1-7H3,(H,49,50)/t22-,40+/m0/s1. The fraction of sp³-hybridized carbons (Fsp3) is 0.425. The normalized spacial score (nSPS) is 19.0. The molecule has 3 aliphatic rings. The maximum atomic E-state index is 15.9. The number of halogens is 2. The third kappa shape index (κ3) is 6.62. The number of fused-ring (bicyclic) bond motifs is 4. The van der Waals surface area contributed by atoms with Crippen molar-refractivity contribution < 1.29 is 33.4 Å². The average Bonchev–Trinajstić information content (AvgIpc) is 3.35. The first-order valence-electron chi connectivity index (χ1n) is 17.6. The molecular weight excluding hydrogens is 703 g/mol. The zero-order valence-electron chi connectivity index (χ0n) is 30.8. The summed E-state index contributed by atoms with van der Waals surface area (Å²) in [6.07, 6.45) is 4.89. The summed E-state index contributed by atoms with van der Waals surface area (Å²) >= 11 is 6.85. The van der Waals surface area contributed by atoms with Crippen LogP contribution < -0.4 is 15.4 Å². The fourth-order valence-corrected chi connectivity index (χ4v) is 8.13. The number of pyridine rings is 3. The number of carboxylic acid groups (broad SMARTS) is 1. The van der Waals surface area contributed by atoms with Gasteiger partial charge in [-0.1, -0.05) is 17.7 Å². The van der Waals surface area contributed by atoms with Crippen LogP contribution in [0, 0.1) is 17.2 Å². The molecule has 53 heavy (non-hydrogen) atoms. The van der Waals surface area contributed by atoms with Gasteiger partial charge in [0.15, 0.2) is 0 Å². The first-order chi connectivity index (χ1) is 24.8. The van der Waals surface area contributed by atoms with Gasteiger partial charge in [-0.3, -0.25) is 23.9 Å². The number of hydrogen-bond donors (Lipinski definition) is 1. The van der Waals surface area contributed by atoms with Crippen LogP contribution in [0.3, 0.4) is 0 Å². The van der Waals surface area contributed by atoms with Gasteiger partial charge in [-0.2, -0.15) is 0 Å². The number of benzene rings is 1. The van der Waals surface area contributed by atoms with E-state index in [-0.39, 0.29) is 34.3 Å². The summed E-state index contributed by atoms with van der Waals surface area (Å²) in [7, 11) is 1.53. The molecule has 4 aromatic rings. The maximum absolute atomic E-state index is 15.9. The van der Waals surface area contributed by atoms with Crippen molar-refractivity contribution in [2.75, 3.05) is 29.9 Å². The van der Waals surface area contributed by atoms with Gasteiger partial charge in [-0.25, -0.2) is 14.0 Å². The average molecular weight is 745 g/mol. The lowest BCUT2D eigenvalue weighted by Gasteiger charge is -2.27. The summed E-state index contributed by atoms with van der Waals surface area (Å²) in [6.45, 7) is 12.0. The SMILES string of the molecule is CN(C(=O)OC(C)(C)C)c1cc(F)c(Cl)c2c1Cc1ncc(-c3ccc4ccc(C(=O)O)c(=O)n4c3)c(N3CC[C@@]4(C[C@@H]4CC(=O)OC(C)(C)C)C3)c1-2. The van der Waals surface area contributed by atoms with Gasteiger partial charge >= 0.3 is 18.0 Å². The number of esters is 1. The summed E-state index contributed by atoms with van der Waals surface area (Å²) in [5, 5.41) is 9.54. The molecule has 1 spiro atoms. The number of aromatic nitrogens is 2.